The molecule has 2 amide bonds. The maximum absolute atomic E-state index is 12.6. The van der Waals surface area contributed by atoms with Gasteiger partial charge in [0.1, 0.15) is 0 Å². The molecule has 2 heterocycles. The number of benzene rings is 1. The molecule has 1 saturated heterocycles. The number of aliphatic hydroxyl groups is 2. The van der Waals surface area contributed by atoms with Gasteiger partial charge in [-0.3, -0.25) is 9.59 Å². The first-order valence-electron chi connectivity index (χ1n) is 10.2. The Kier molecular flexibility index (Phi) is 8.05. The maximum atomic E-state index is 12.6. The third kappa shape index (κ3) is 5.49. The highest BCUT2D eigenvalue weighted by Gasteiger charge is 2.34. The van der Waals surface area contributed by atoms with Crippen LogP contribution in [-0.4, -0.2) is 77.6 Å². The van der Waals surface area contributed by atoms with Crippen molar-refractivity contribution in [3.05, 3.63) is 40.3 Å². The van der Waals surface area contributed by atoms with E-state index in [9.17, 15) is 19.8 Å². The standard InChI is InChI=1S/C21H28ClN3O4S/c1-2-14-11-15(30-13-14)12-23-20(28)18(26)19(27)21(29)25-9-7-24(8-10-25)17-6-4-3-5-16(17)22/h3-6,11,14,18-19,26-27H,2,7-10,12-13H2,1H3,(H,23,28)/t14?,18-,19-/m1/s1. The average Bonchev–Trinajstić information content (AvgIpc) is 3.24. The van der Waals surface area contributed by atoms with Crippen LogP contribution in [0.15, 0.2) is 35.2 Å². The minimum Gasteiger partial charge on any atom is -0.380 e. The SMILES string of the molecule is CCC1C=C(CNC(=O)[C@H](O)[C@@H](O)C(=O)N2CCN(c3ccccc3Cl)CC2)SC1. The van der Waals surface area contributed by atoms with Crippen molar-refractivity contribution in [1.29, 1.82) is 0 Å². The number of aliphatic hydroxyl groups excluding tert-OH is 2. The molecule has 7 nitrogen and oxygen atoms in total. The summed E-state index contributed by atoms with van der Waals surface area (Å²) in [5.74, 6) is 0.110. The van der Waals surface area contributed by atoms with Crippen LogP contribution in [0.1, 0.15) is 13.3 Å². The van der Waals surface area contributed by atoms with Crippen LogP contribution >= 0.6 is 23.4 Å². The fraction of sp³-hybridized carbons (Fsp3) is 0.524. The Morgan fingerprint density at radius 2 is 1.90 bits per heavy atom. The quantitative estimate of drug-likeness (QED) is 0.579. The molecule has 0 saturated carbocycles. The molecule has 3 atom stereocenters. The van der Waals surface area contributed by atoms with E-state index in [0.29, 0.717) is 43.7 Å². The van der Waals surface area contributed by atoms with Gasteiger partial charge in [0, 0.05) is 43.4 Å². The number of halogens is 1. The minimum atomic E-state index is -1.80. The lowest BCUT2D eigenvalue weighted by molar-refractivity contribution is -0.153. The monoisotopic (exact) mass is 453 g/mol. The topological polar surface area (TPSA) is 93.1 Å². The summed E-state index contributed by atoms with van der Waals surface area (Å²) < 4.78 is 0. The number of rotatable bonds is 7. The minimum absolute atomic E-state index is 0.300. The van der Waals surface area contributed by atoms with Crippen molar-refractivity contribution in [1.82, 2.24) is 10.2 Å². The van der Waals surface area contributed by atoms with Gasteiger partial charge in [-0.2, -0.15) is 0 Å². The lowest BCUT2D eigenvalue weighted by atomic mass is 10.1. The second-order valence-corrected chi connectivity index (χ2v) is 9.04. The van der Waals surface area contributed by atoms with Gasteiger partial charge in [-0.1, -0.05) is 36.7 Å². The lowest BCUT2D eigenvalue weighted by Crippen LogP contribution is -2.55. The molecule has 3 rings (SSSR count). The molecule has 9 heteroatoms. The van der Waals surface area contributed by atoms with Gasteiger partial charge < -0.3 is 25.3 Å². The van der Waals surface area contributed by atoms with E-state index < -0.39 is 24.0 Å². The highest BCUT2D eigenvalue weighted by atomic mass is 35.5. The predicted octanol–water partition coefficient (Wildman–Crippen LogP) is 1.48. The molecule has 1 aromatic rings. The van der Waals surface area contributed by atoms with E-state index >= 15 is 0 Å². The summed E-state index contributed by atoms with van der Waals surface area (Å²) in [5, 5.41) is 23.7. The molecule has 2 aliphatic heterocycles. The molecule has 3 N–H and O–H groups in total. The number of piperazine rings is 1. The first-order chi connectivity index (χ1) is 14.4. The van der Waals surface area contributed by atoms with Gasteiger partial charge in [0.25, 0.3) is 11.8 Å². The molecule has 0 radical (unpaired) electrons. The number of carbonyl (C=O) groups is 2. The van der Waals surface area contributed by atoms with Gasteiger partial charge in [-0.05, 0) is 24.5 Å². The normalized spacial score (nSPS) is 21.2. The Hall–Kier alpha value is -1.74. The van der Waals surface area contributed by atoms with E-state index in [0.717, 1.165) is 22.8 Å². The van der Waals surface area contributed by atoms with Crippen molar-refractivity contribution in [2.24, 2.45) is 5.92 Å². The lowest BCUT2D eigenvalue weighted by Gasteiger charge is -2.37. The van der Waals surface area contributed by atoms with Crippen molar-refractivity contribution in [3.63, 3.8) is 0 Å². The molecule has 2 aliphatic rings. The summed E-state index contributed by atoms with van der Waals surface area (Å²) in [5.41, 5.74) is 0.899. The van der Waals surface area contributed by atoms with Gasteiger partial charge in [-0.25, -0.2) is 0 Å². The zero-order valence-electron chi connectivity index (χ0n) is 17.0. The van der Waals surface area contributed by atoms with Crippen LogP contribution in [-0.2, 0) is 9.59 Å². The number of allylic oxidation sites excluding steroid dienone is 1. The van der Waals surface area contributed by atoms with Crippen LogP contribution in [0.4, 0.5) is 5.69 Å². The second-order valence-electron chi connectivity index (χ2n) is 7.48. The molecule has 1 fully saturated rings. The smallest absolute Gasteiger partial charge is 0.254 e. The molecule has 0 spiro atoms. The number of carbonyl (C=O) groups excluding carboxylic acids is 2. The van der Waals surface area contributed by atoms with Crippen molar-refractivity contribution in [2.45, 2.75) is 25.6 Å². The van der Waals surface area contributed by atoms with Crippen LogP contribution in [0.25, 0.3) is 0 Å². The number of thioether (sulfide) groups is 1. The largest absolute Gasteiger partial charge is 0.380 e. The van der Waals surface area contributed by atoms with E-state index in [1.54, 1.807) is 11.8 Å². The number of para-hydroxylation sites is 1. The Bertz CT molecular complexity index is 798. The molecular weight excluding hydrogens is 426 g/mol. The van der Waals surface area contributed by atoms with E-state index in [1.165, 1.54) is 4.90 Å². The molecule has 0 bridgehead atoms. The molecule has 0 aliphatic carbocycles. The third-order valence-electron chi connectivity index (χ3n) is 5.47. The van der Waals surface area contributed by atoms with E-state index in [-0.39, 0.29) is 0 Å². The van der Waals surface area contributed by atoms with Crippen LogP contribution in [0.5, 0.6) is 0 Å². The van der Waals surface area contributed by atoms with Gasteiger partial charge in [0.05, 0.1) is 10.7 Å². The Labute approximate surface area is 186 Å². The average molecular weight is 454 g/mol. The van der Waals surface area contributed by atoms with Crippen LogP contribution < -0.4 is 10.2 Å². The molecule has 30 heavy (non-hydrogen) atoms. The summed E-state index contributed by atoms with van der Waals surface area (Å²) in [6.45, 7) is 4.26. The number of hydrogen-bond donors (Lipinski definition) is 3. The van der Waals surface area contributed by atoms with E-state index in [4.69, 9.17) is 11.6 Å². The zero-order valence-corrected chi connectivity index (χ0v) is 18.5. The van der Waals surface area contributed by atoms with E-state index in [1.807, 2.05) is 24.3 Å². The number of nitrogens with zero attached hydrogens (tertiary/aromatic N) is 2. The summed E-state index contributed by atoms with van der Waals surface area (Å²) in [6.07, 6.45) is -0.417. The van der Waals surface area contributed by atoms with Crippen LogP contribution in [0.3, 0.4) is 0 Å². The molecule has 164 valence electrons. The fourth-order valence-electron chi connectivity index (χ4n) is 3.54. The fourth-order valence-corrected chi connectivity index (χ4v) is 5.02. The first-order valence-corrected chi connectivity index (χ1v) is 11.5. The van der Waals surface area contributed by atoms with Gasteiger partial charge >= 0.3 is 0 Å². The summed E-state index contributed by atoms with van der Waals surface area (Å²) in [6, 6.07) is 7.50. The highest BCUT2D eigenvalue weighted by molar-refractivity contribution is 8.03. The third-order valence-corrected chi connectivity index (χ3v) is 7.04. The van der Waals surface area contributed by atoms with Gasteiger partial charge in [-0.15, -0.1) is 11.8 Å². The number of nitrogens with one attached hydrogen (secondary N) is 1. The Morgan fingerprint density at radius 3 is 2.53 bits per heavy atom. The number of anilines is 1. The summed E-state index contributed by atoms with van der Waals surface area (Å²) in [4.78, 5) is 29.4. The molecular formula is C21H28ClN3O4S. The maximum Gasteiger partial charge on any atom is 0.254 e. The van der Waals surface area contributed by atoms with Crippen molar-refractivity contribution in [3.8, 4) is 0 Å². The van der Waals surface area contributed by atoms with Gasteiger partial charge in [0.2, 0.25) is 0 Å². The van der Waals surface area contributed by atoms with Crippen molar-refractivity contribution < 1.29 is 19.8 Å². The van der Waals surface area contributed by atoms with E-state index in [2.05, 4.69) is 23.2 Å². The van der Waals surface area contributed by atoms with Gasteiger partial charge in [0.15, 0.2) is 12.2 Å². The zero-order chi connectivity index (χ0) is 21.7. The predicted molar refractivity (Wildman–Crippen MR) is 120 cm³/mol. The van der Waals surface area contributed by atoms with Crippen LogP contribution in [0.2, 0.25) is 5.02 Å². The number of amides is 2. The molecule has 0 aromatic heterocycles. The highest BCUT2D eigenvalue weighted by Crippen LogP contribution is 2.30. The summed E-state index contributed by atoms with van der Waals surface area (Å²) in [7, 11) is 0. The van der Waals surface area contributed by atoms with Crippen LogP contribution in [0, 0.1) is 5.92 Å². The Morgan fingerprint density at radius 1 is 1.20 bits per heavy atom. The number of hydrogen-bond acceptors (Lipinski definition) is 6. The molecule has 1 unspecified atom stereocenters. The van der Waals surface area contributed by atoms with Crippen molar-refractivity contribution >= 4 is 40.9 Å². The van der Waals surface area contributed by atoms with Crippen molar-refractivity contribution in [2.75, 3.05) is 43.4 Å². The molecule has 1 aromatic carbocycles. The first kappa shape index (κ1) is 22.9. The summed E-state index contributed by atoms with van der Waals surface area (Å²) >= 11 is 7.91. The second kappa shape index (κ2) is 10.5. The Balaban J connectivity index is 1.48.